The summed E-state index contributed by atoms with van der Waals surface area (Å²) in [4.78, 5) is 10.7. The molecule has 1 aromatic carbocycles. The molecule has 0 atom stereocenters. The maximum Gasteiger partial charge on any atom is 0.349 e. The zero-order valence-electron chi connectivity index (χ0n) is 8.28. The third-order valence-corrected chi connectivity index (χ3v) is 3.27. The molecule has 0 radical (unpaired) electrons. The fraction of sp³-hybridized carbons (Fsp3) is 0. The number of carboxylic acid groups (broad SMARTS) is 1. The van der Waals surface area contributed by atoms with Crippen LogP contribution in [0.1, 0.15) is 9.67 Å². The predicted octanol–water partition coefficient (Wildman–Crippen LogP) is 2.88. The fourth-order valence-electron chi connectivity index (χ4n) is 1.33. The molecule has 0 aliphatic heterocycles. The Hall–Kier alpha value is -1.66. The summed E-state index contributed by atoms with van der Waals surface area (Å²) >= 11 is 6.34. The van der Waals surface area contributed by atoms with Crippen LogP contribution in [0.3, 0.4) is 0 Å². The Kier molecular flexibility index (Phi) is 2.99. The van der Waals surface area contributed by atoms with Gasteiger partial charge in [0.2, 0.25) is 0 Å². The molecule has 0 fully saturated rings. The van der Waals surface area contributed by atoms with E-state index >= 15 is 0 Å². The molecule has 2 rings (SSSR count). The third kappa shape index (κ3) is 1.96. The Balaban J connectivity index is 2.62. The van der Waals surface area contributed by atoms with Crippen molar-refractivity contribution in [3.63, 3.8) is 0 Å². The number of rotatable bonds is 2. The maximum atomic E-state index is 13.7. The number of anilines is 1. The quantitative estimate of drug-likeness (QED) is 0.881. The summed E-state index contributed by atoms with van der Waals surface area (Å²) in [5.74, 6) is -1.85. The molecule has 17 heavy (non-hydrogen) atoms. The first-order chi connectivity index (χ1) is 8.02. The van der Waals surface area contributed by atoms with E-state index in [0.717, 1.165) is 0 Å². The van der Waals surface area contributed by atoms with Crippen LogP contribution >= 0.6 is 23.1 Å². The second-order valence-electron chi connectivity index (χ2n) is 3.18. The highest BCUT2D eigenvalue weighted by Crippen LogP contribution is 2.34. The molecule has 0 saturated carbocycles. The van der Waals surface area contributed by atoms with Gasteiger partial charge in [0.15, 0.2) is 10.7 Å². The van der Waals surface area contributed by atoms with Gasteiger partial charge in [0.05, 0.1) is 10.7 Å². The first kappa shape index (κ1) is 11.8. The van der Waals surface area contributed by atoms with Gasteiger partial charge in [-0.25, -0.2) is 9.18 Å². The summed E-state index contributed by atoms with van der Waals surface area (Å²) in [6, 6.07) is 4.37. The second-order valence-corrected chi connectivity index (χ2v) is 4.36. The van der Waals surface area contributed by atoms with Gasteiger partial charge in [-0.1, -0.05) is 17.7 Å². The lowest BCUT2D eigenvalue weighted by Crippen LogP contribution is -1.99. The molecular formula is C10H6ClFN2O2S. The lowest BCUT2D eigenvalue weighted by Gasteiger charge is -2.02. The Morgan fingerprint density at radius 2 is 2.24 bits per heavy atom. The largest absolute Gasteiger partial charge is 0.477 e. The zero-order valence-corrected chi connectivity index (χ0v) is 9.85. The van der Waals surface area contributed by atoms with Crippen LogP contribution in [0.15, 0.2) is 18.2 Å². The van der Waals surface area contributed by atoms with Gasteiger partial charge in [0.1, 0.15) is 5.69 Å². The lowest BCUT2D eigenvalue weighted by molar-refractivity contribution is 0.0703. The number of carboxylic acids is 1. The minimum atomic E-state index is -1.19. The number of nitrogen functional groups attached to an aromatic ring is 1. The first-order valence-corrected chi connectivity index (χ1v) is 5.60. The molecule has 0 aliphatic rings. The highest BCUT2D eigenvalue weighted by Gasteiger charge is 2.20. The highest BCUT2D eigenvalue weighted by molar-refractivity contribution is 7.09. The average Bonchev–Trinajstić information content (AvgIpc) is 2.64. The standard InChI is InChI=1S/C10H6ClFN2O2S/c11-5-3-1-2-4(6(5)12)8-7(13)9(10(15)16)17-14-8/h1-3H,13H2,(H,15,16). The molecule has 0 spiro atoms. The van der Waals surface area contributed by atoms with Crippen LogP contribution < -0.4 is 5.73 Å². The minimum Gasteiger partial charge on any atom is -0.477 e. The zero-order chi connectivity index (χ0) is 12.6. The molecule has 0 aliphatic carbocycles. The van der Waals surface area contributed by atoms with Crippen molar-refractivity contribution < 1.29 is 14.3 Å². The smallest absolute Gasteiger partial charge is 0.349 e. The Bertz CT molecular complexity index is 600. The number of hydrogen-bond acceptors (Lipinski definition) is 4. The molecule has 7 heteroatoms. The van der Waals surface area contributed by atoms with Crippen molar-refractivity contribution in [2.75, 3.05) is 5.73 Å². The molecule has 0 amide bonds. The van der Waals surface area contributed by atoms with E-state index in [1.54, 1.807) is 6.07 Å². The van der Waals surface area contributed by atoms with Crippen LogP contribution in [-0.4, -0.2) is 15.4 Å². The number of nitrogens with zero attached hydrogens (tertiary/aromatic N) is 1. The van der Waals surface area contributed by atoms with Crippen LogP contribution in [-0.2, 0) is 0 Å². The van der Waals surface area contributed by atoms with Gasteiger partial charge in [0.25, 0.3) is 0 Å². The van der Waals surface area contributed by atoms with Crippen molar-refractivity contribution in [2.24, 2.45) is 0 Å². The Morgan fingerprint density at radius 1 is 1.53 bits per heavy atom. The van der Waals surface area contributed by atoms with E-state index in [0.29, 0.717) is 11.5 Å². The van der Waals surface area contributed by atoms with Gasteiger partial charge in [0, 0.05) is 5.56 Å². The van der Waals surface area contributed by atoms with Crippen molar-refractivity contribution in [3.8, 4) is 11.3 Å². The van der Waals surface area contributed by atoms with Crippen LogP contribution in [0.25, 0.3) is 11.3 Å². The molecule has 1 heterocycles. The summed E-state index contributed by atoms with van der Waals surface area (Å²) in [6.07, 6.45) is 0. The van der Waals surface area contributed by atoms with E-state index in [1.165, 1.54) is 12.1 Å². The van der Waals surface area contributed by atoms with E-state index in [-0.39, 0.29) is 26.8 Å². The second kappa shape index (κ2) is 4.31. The summed E-state index contributed by atoms with van der Waals surface area (Å²) < 4.78 is 17.6. The van der Waals surface area contributed by atoms with Gasteiger partial charge in [-0.15, -0.1) is 0 Å². The van der Waals surface area contributed by atoms with Crippen molar-refractivity contribution in [3.05, 3.63) is 33.9 Å². The van der Waals surface area contributed by atoms with Crippen LogP contribution in [0, 0.1) is 5.82 Å². The molecular weight excluding hydrogens is 267 g/mol. The molecule has 0 saturated heterocycles. The molecule has 1 aromatic heterocycles. The van der Waals surface area contributed by atoms with Gasteiger partial charge >= 0.3 is 5.97 Å². The third-order valence-electron chi connectivity index (χ3n) is 2.13. The van der Waals surface area contributed by atoms with E-state index in [9.17, 15) is 9.18 Å². The van der Waals surface area contributed by atoms with Crippen LogP contribution in [0.2, 0.25) is 5.02 Å². The van der Waals surface area contributed by atoms with Gasteiger partial charge in [-0.05, 0) is 23.7 Å². The molecule has 4 nitrogen and oxygen atoms in total. The van der Waals surface area contributed by atoms with Gasteiger partial charge in [-0.3, -0.25) is 0 Å². The highest BCUT2D eigenvalue weighted by atomic mass is 35.5. The molecule has 88 valence electrons. The SMILES string of the molecule is Nc1c(-c2cccc(Cl)c2F)nsc1C(=O)O. The number of aromatic carboxylic acids is 1. The van der Waals surface area contributed by atoms with E-state index in [4.69, 9.17) is 22.4 Å². The number of halogens is 2. The monoisotopic (exact) mass is 272 g/mol. The van der Waals surface area contributed by atoms with Crippen molar-refractivity contribution in [1.82, 2.24) is 4.37 Å². The normalized spacial score (nSPS) is 10.5. The summed E-state index contributed by atoms with van der Waals surface area (Å²) in [6.45, 7) is 0. The molecule has 3 N–H and O–H groups in total. The van der Waals surface area contributed by atoms with Gasteiger partial charge in [-0.2, -0.15) is 4.37 Å². The lowest BCUT2D eigenvalue weighted by atomic mass is 10.1. The van der Waals surface area contributed by atoms with E-state index in [2.05, 4.69) is 4.37 Å². The van der Waals surface area contributed by atoms with E-state index in [1.807, 2.05) is 0 Å². The summed E-state index contributed by atoms with van der Waals surface area (Å²) in [5, 5.41) is 8.76. The molecule has 0 bridgehead atoms. The van der Waals surface area contributed by atoms with Crippen molar-refractivity contribution >= 4 is 34.8 Å². The summed E-state index contributed by atoms with van der Waals surface area (Å²) in [5.41, 5.74) is 5.76. The summed E-state index contributed by atoms with van der Waals surface area (Å²) in [7, 11) is 0. The van der Waals surface area contributed by atoms with Gasteiger partial charge < -0.3 is 10.8 Å². The van der Waals surface area contributed by atoms with Crippen molar-refractivity contribution in [1.29, 1.82) is 0 Å². The number of carbonyl (C=O) groups is 1. The predicted molar refractivity (Wildman–Crippen MR) is 63.9 cm³/mol. The van der Waals surface area contributed by atoms with Crippen molar-refractivity contribution in [2.45, 2.75) is 0 Å². The number of benzene rings is 1. The minimum absolute atomic E-state index is 0.0522. The van der Waals surface area contributed by atoms with Crippen LogP contribution in [0.5, 0.6) is 0 Å². The Morgan fingerprint density at radius 3 is 2.82 bits per heavy atom. The van der Waals surface area contributed by atoms with E-state index < -0.39 is 11.8 Å². The maximum absolute atomic E-state index is 13.7. The number of nitrogens with two attached hydrogens (primary N) is 1. The molecule has 0 unspecified atom stereocenters. The fourth-order valence-corrected chi connectivity index (χ4v) is 2.16. The van der Waals surface area contributed by atoms with Crippen LogP contribution in [0.4, 0.5) is 10.1 Å². The Labute approximate surface area is 105 Å². The molecule has 2 aromatic rings. The number of hydrogen-bond donors (Lipinski definition) is 2. The number of aromatic nitrogens is 1. The average molecular weight is 273 g/mol. The first-order valence-electron chi connectivity index (χ1n) is 4.45. The topological polar surface area (TPSA) is 76.2 Å².